The molecule has 1 aliphatic carbocycles. The molecule has 1 fully saturated rings. The van der Waals surface area contributed by atoms with Crippen LogP contribution < -0.4 is 5.32 Å². The molecule has 1 aromatic carbocycles. The van der Waals surface area contributed by atoms with Crippen molar-refractivity contribution in [2.45, 2.75) is 77.0 Å². The van der Waals surface area contributed by atoms with Gasteiger partial charge in [-0.15, -0.1) is 0 Å². The highest BCUT2D eigenvalue weighted by molar-refractivity contribution is 5.29. The van der Waals surface area contributed by atoms with Crippen molar-refractivity contribution in [1.29, 1.82) is 0 Å². The molecule has 1 unspecified atom stereocenters. The van der Waals surface area contributed by atoms with E-state index >= 15 is 0 Å². The topological polar surface area (TPSA) is 32.3 Å². The summed E-state index contributed by atoms with van der Waals surface area (Å²) in [5.41, 5.74) is 2.95. The number of hydrogen-bond acceptors (Lipinski definition) is 2. The average molecular weight is 275 g/mol. The van der Waals surface area contributed by atoms with Gasteiger partial charge in [0, 0.05) is 12.1 Å². The van der Waals surface area contributed by atoms with Crippen molar-refractivity contribution in [3.05, 3.63) is 35.4 Å². The van der Waals surface area contributed by atoms with Crippen molar-refractivity contribution >= 4 is 0 Å². The molecule has 1 saturated carbocycles. The molecule has 112 valence electrons. The Morgan fingerprint density at radius 1 is 1.05 bits per heavy atom. The van der Waals surface area contributed by atoms with Crippen LogP contribution in [0.4, 0.5) is 0 Å². The molecule has 1 aromatic rings. The molecule has 20 heavy (non-hydrogen) atoms. The predicted molar refractivity (Wildman–Crippen MR) is 85.0 cm³/mol. The van der Waals surface area contributed by atoms with Gasteiger partial charge in [-0.05, 0) is 49.1 Å². The summed E-state index contributed by atoms with van der Waals surface area (Å²) in [6.45, 7) is 8.97. The summed E-state index contributed by atoms with van der Waals surface area (Å²) in [5.74, 6) is 0. The first-order chi connectivity index (χ1) is 9.36. The second kappa shape index (κ2) is 6.28. The third kappa shape index (κ3) is 4.07. The quantitative estimate of drug-likeness (QED) is 0.876. The maximum Gasteiger partial charge on any atom is 0.0541 e. The minimum absolute atomic E-state index is 0.0746. The molecule has 0 aliphatic heterocycles. The van der Waals surface area contributed by atoms with Gasteiger partial charge in [0.2, 0.25) is 0 Å². The Hall–Kier alpha value is -0.860. The van der Waals surface area contributed by atoms with Gasteiger partial charge in [-0.3, -0.25) is 0 Å². The number of aliphatic hydroxyl groups is 1. The number of benzene rings is 1. The molecule has 2 rings (SSSR count). The molecule has 0 aromatic heterocycles. The lowest BCUT2D eigenvalue weighted by Crippen LogP contribution is -2.36. The Morgan fingerprint density at radius 2 is 1.60 bits per heavy atom. The molecule has 2 heteroatoms. The van der Waals surface area contributed by atoms with Gasteiger partial charge in [-0.2, -0.15) is 0 Å². The lowest BCUT2D eigenvalue weighted by atomic mass is 9.86. The summed E-state index contributed by atoms with van der Waals surface area (Å²) in [6, 6.07) is 9.92. The molecule has 0 saturated heterocycles. The standard InChI is InChI=1S/C18H29NO/c1-13(19-16-9-11-17(20)12-10-16)14-5-7-15(8-6-14)18(2,3)4/h5-8,13,16-17,19-20H,9-12H2,1-4H3. The largest absolute Gasteiger partial charge is 0.393 e. The van der Waals surface area contributed by atoms with Crippen molar-refractivity contribution in [3.8, 4) is 0 Å². The van der Waals surface area contributed by atoms with Gasteiger partial charge >= 0.3 is 0 Å². The van der Waals surface area contributed by atoms with Crippen molar-refractivity contribution in [1.82, 2.24) is 5.32 Å². The second-order valence-corrected chi connectivity index (χ2v) is 7.27. The highest BCUT2D eigenvalue weighted by Crippen LogP contribution is 2.25. The lowest BCUT2D eigenvalue weighted by molar-refractivity contribution is 0.114. The van der Waals surface area contributed by atoms with Crippen LogP contribution >= 0.6 is 0 Å². The summed E-state index contributed by atoms with van der Waals surface area (Å²) in [6.07, 6.45) is 3.98. The summed E-state index contributed by atoms with van der Waals surface area (Å²) in [4.78, 5) is 0. The first kappa shape index (κ1) is 15.5. The molecule has 1 atom stereocenters. The van der Waals surface area contributed by atoms with E-state index in [-0.39, 0.29) is 11.5 Å². The highest BCUT2D eigenvalue weighted by atomic mass is 16.3. The van der Waals surface area contributed by atoms with Crippen LogP contribution in [0.5, 0.6) is 0 Å². The van der Waals surface area contributed by atoms with E-state index < -0.39 is 0 Å². The van der Waals surface area contributed by atoms with Crippen LogP contribution in [0.25, 0.3) is 0 Å². The van der Waals surface area contributed by atoms with E-state index in [4.69, 9.17) is 0 Å². The highest BCUT2D eigenvalue weighted by Gasteiger charge is 2.21. The zero-order valence-electron chi connectivity index (χ0n) is 13.3. The summed E-state index contributed by atoms with van der Waals surface area (Å²) < 4.78 is 0. The van der Waals surface area contributed by atoms with Crippen LogP contribution in [0.2, 0.25) is 0 Å². The minimum Gasteiger partial charge on any atom is -0.393 e. The Labute approximate surface area is 123 Å². The van der Waals surface area contributed by atoms with Crippen molar-refractivity contribution in [2.75, 3.05) is 0 Å². The van der Waals surface area contributed by atoms with Gasteiger partial charge in [-0.1, -0.05) is 45.0 Å². The van der Waals surface area contributed by atoms with E-state index in [0.717, 1.165) is 25.7 Å². The molecule has 0 amide bonds. The van der Waals surface area contributed by atoms with Crippen LogP contribution in [0.1, 0.15) is 70.5 Å². The van der Waals surface area contributed by atoms with Gasteiger partial charge in [0.05, 0.1) is 6.10 Å². The lowest BCUT2D eigenvalue weighted by Gasteiger charge is -2.29. The van der Waals surface area contributed by atoms with Crippen LogP contribution in [0.3, 0.4) is 0 Å². The maximum absolute atomic E-state index is 9.56. The first-order valence-electron chi connectivity index (χ1n) is 7.91. The number of nitrogens with one attached hydrogen (secondary N) is 1. The van der Waals surface area contributed by atoms with E-state index in [1.165, 1.54) is 11.1 Å². The molecule has 2 nitrogen and oxygen atoms in total. The van der Waals surface area contributed by atoms with E-state index in [9.17, 15) is 5.11 Å². The summed E-state index contributed by atoms with van der Waals surface area (Å²) in [5, 5.41) is 13.3. The normalized spacial score (nSPS) is 25.4. The SMILES string of the molecule is CC(NC1CCC(O)CC1)c1ccc(C(C)(C)C)cc1. The van der Waals surface area contributed by atoms with Gasteiger partial charge in [0.25, 0.3) is 0 Å². The van der Waals surface area contributed by atoms with Crippen molar-refractivity contribution in [3.63, 3.8) is 0 Å². The maximum atomic E-state index is 9.56. The molecular formula is C18H29NO. The fourth-order valence-corrected chi connectivity index (χ4v) is 2.96. The van der Waals surface area contributed by atoms with Crippen molar-refractivity contribution < 1.29 is 5.11 Å². The summed E-state index contributed by atoms with van der Waals surface area (Å²) >= 11 is 0. The average Bonchev–Trinajstić information content (AvgIpc) is 2.40. The monoisotopic (exact) mass is 275 g/mol. The number of aliphatic hydroxyl groups excluding tert-OH is 1. The number of rotatable bonds is 3. The Morgan fingerprint density at radius 3 is 2.10 bits per heavy atom. The molecular weight excluding hydrogens is 246 g/mol. The third-order valence-corrected chi connectivity index (χ3v) is 4.46. The Bertz CT molecular complexity index is 410. The van der Waals surface area contributed by atoms with E-state index in [0.29, 0.717) is 12.1 Å². The molecule has 0 heterocycles. The van der Waals surface area contributed by atoms with E-state index in [1.807, 2.05) is 0 Å². The molecule has 0 bridgehead atoms. The molecule has 0 spiro atoms. The fourth-order valence-electron chi connectivity index (χ4n) is 2.96. The van der Waals surface area contributed by atoms with E-state index in [2.05, 4.69) is 57.3 Å². The van der Waals surface area contributed by atoms with Crippen LogP contribution in [0.15, 0.2) is 24.3 Å². The van der Waals surface area contributed by atoms with E-state index in [1.54, 1.807) is 0 Å². The number of hydrogen-bond donors (Lipinski definition) is 2. The second-order valence-electron chi connectivity index (χ2n) is 7.27. The minimum atomic E-state index is -0.0746. The zero-order chi connectivity index (χ0) is 14.8. The first-order valence-corrected chi connectivity index (χ1v) is 7.91. The van der Waals surface area contributed by atoms with Gasteiger partial charge in [-0.25, -0.2) is 0 Å². The van der Waals surface area contributed by atoms with Crippen LogP contribution in [0, 0.1) is 0 Å². The smallest absolute Gasteiger partial charge is 0.0541 e. The molecule has 1 aliphatic rings. The molecule has 2 N–H and O–H groups in total. The van der Waals surface area contributed by atoms with Gasteiger partial charge < -0.3 is 10.4 Å². The fraction of sp³-hybridized carbons (Fsp3) is 0.667. The Kier molecular flexibility index (Phi) is 4.87. The van der Waals surface area contributed by atoms with Crippen LogP contribution in [-0.4, -0.2) is 17.3 Å². The summed E-state index contributed by atoms with van der Waals surface area (Å²) in [7, 11) is 0. The third-order valence-electron chi connectivity index (χ3n) is 4.46. The molecule has 0 radical (unpaired) electrons. The Balaban J connectivity index is 1.94. The zero-order valence-corrected chi connectivity index (χ0v) is 13.3. The predicted octanol–water partition coefficient (Wildman–Crippen LogP) is 3.94. The van der Waals surface area contributed by atoms with Gasteiger partial charge in [0.15, 0.2) is 0 Å². The van der Waals surface area contributed by atoms with Gasteiger partial charge in [0.1, 0.15) is 0 Å². The van der Waals surface area contributed by atoms with Crippen molar-refractivity contribution in [2.24, 2.45) is 0 Å². The van der Waals surface area contributed by atoms with Crippen LogP contribution in [-0.2, 0) is 5.41 Å².